The quantitative estimate of drug-likeness (QED) is 0.334. The molecule has 1 atom stereocenters. The maximum absolute atomic E-state index is 13.7. The van der Waals surface area contributed by atoms with Gasteiger partial charge in [0.2, 0.25) is 11.8 Å². The van der Waals surface area contributed by atoms with Gasteiger partial charge in [0, 0.05) is 35.5 Å². The fraction of sp³-hybridized carbons (Fsp3) is 0.103. The number of amides is 2. The summed E-state index contributed by atoms with van der Waals surface area (Å²) in [6, 6.07) is 32.0. The molecule has 0 bridgehead atoms. The van der Waals surface area contributed by atoms with Gasteiger partial charge in [-0.15, -0.1) is 0 Å². The van der Waals surface area contributed by atoms with Crippen LogP contribution in [-0.4, -0.2) is 16.4 Å². The topological polar surface area (TPSA) is 42.3 Å². The van der Waals surface area contributed by atoms with Gasteiger partial charge in [-0.25, -0.2) is 4.90 Å². The van der Waals surface area contributed by atoms with E-state index < -0.39 is 5.92 Å². The third kappa shape index (κ3) is 3.23. The van der Waals surface area contributed by atoms with E-state index in [4.69, 9.17) is 0 Å². The van der Waals surface area contributed by atoms with Crippen LogP contribution in [0.2, 0.25) is 0 Å². The molecule has 1 aromatic heterocycles. The zero-order chi connectivity index (χ0) is 22.4. The van der Waals surface area contributed by atoms with Crippen molar-refractivity contribution in [2.75, 3.05) is 4.90 Å². The summed E-state index contributed by atoms with van der Waals surface area (Å²) in [7, 11) is 0. The molecule has 33 heavy (non-hydrogen) atoms. The number of hydrogen-bond acceptors (Lipinski definition) is 2. The first-order valence-corrected chi connectivity index (χ1v) is 11.2. The van der Waals surface area contributed by atoms with Crippen LogP contribution in [0.4, 0.5) is 5.69 Å². The van der Waals surface area contributed by atoms with Crippen molar-refractivity contribution in [2.45, 2.75) is 18.9 Å². The van der Waals surface area contributed by atoms with E-state index in [0.717, 1.165) is 27.2 Å². The van der Waals surface area contributed by atoms with Crippen molar-refractivity contribution in [3.05, 3.63) is 114 Å². The van der Waals surface area contributed by atoms with E-state index in [1.807, 2.05) is 78.9 Å². The molecule has 1 saturated heterocycles. The first-order chi connectivity index (χ1) is 16.2. The fourth-order valence-electron chi connectivity index (χ4n) is 5.00. The summed E-state index contributed by atoms with van der Waals surface area (Å²) >= 11 is 0. The molecule has 0 N–H and O–H groups in total. The molecule has 1 aliphatic rings. The Balaban J connectivity index is 1.43. The van der Waals surface area contributed by atoms with E-state index >= 15 is 0 Å². The Labute approximate surface area is 191 Å². The highest BCUT2D eigenvalue weighted by Crippen LogP contribution is 2.39. The molecule has 4 nitrogen and oxygen atoms in total. The molecule has 1 fully saturated rings. The zero-order valence-electron chi connectivity index (χ0n) is 18.0. The zero-order valence-corrected chi connectivity index (χ0v) is 18.0. The standard InChI is InChI=1S/C29H22N2O2/c32-28-17-24(29(33)31(28)27-16-8-12-21-11-4-5-13-22(21)27)25-19-30(18-20-9-2-1-3-10-20)26-15-7-6-14-23(25)26/h1-16,19,24H,17-18H2/t24-/m0/s1. The Morgan fingerprint density at radius 3 is 2.27 bits per heavy atom. The lowest BCUT2D eigenvalue weighted by molar-refractivity contribution is -0.121. The summed E-state index contributed by atoms with van der Waals surface area (Å²) < 4.78 is 2.18. The Hall–Kier alpha value is -4.18. The molecule has 2 heterocycles. The largest absolute Gasteiger partial charge is 0.343 e. The van der Waals surface area contributed by atoms with Crippen molar-refractivity contribution in [1.82, 2.24) is 4.57 Å². The molecule has 6 rings (SSSR count). The van der Waals surface area contributed by atoms with E-state index in [-0.39, 0.29) is 18.2 Å². The number of nitrogens with zero attached hydrogens (tertiary/aromatic N) is 2. The lowest BCUT2D eigenvalue weighted by Gasteiger charge is -2.17. The summed E-state index contributed by atoms with van der Waals surface area (Å²) in [6.07, 6.45) is 2.24. The van der Waals surface area contributed by atoms with Crippen LogP contribution in [0.1, 0.15) is 23.5 Å². The number of benzene rings is 4. The predicted molar refractivity (Wildman–Crippen MR) is 131 cm³/mol. The SMILES string of the molecule is O=C1C[C@@H](c2cn(Cc3ccccc3)c3ccccc23)C(=O)N1c1cccc2ccccc12. The summed E-state index contributed by atoms with van der Waals surface area (Å²) in [5.74, 6) is -0.793. The number of anilines is 1. The molecule has 0 aliphatic carbocycles. The van der Waals surface area contributed by atoms with Gasteiger partial charge in [0.1, 0.15) is 0 Å². The van der Waals surface area contributed by atoms with Crippen molar-refractivity contribution >= 4 is 39.2 Å². The van der Waals surface area contributed by atoms with E-state index in [2.05, 4.69) is 29.0 Å². The molecule has 4 heteroatoms. The minimum atomic E-state index is -0.488. The Morgan fingerprint density at radius 2 is 1.42 bits per heavy atom. The van der Waals surface area contributed by atoms with Crippen LogP contribution in [-0.2, 0) is 16.1 Å². The van der Waals surface area contributed by atoms with Gasteiger partial charge in [0.15, 0.2) is 0 Å². The average molecular weight is 431 g/mol. The highest BCUT2D eigenvalue weighted by atomic mass is 16.2. The second-order valence-electron chi connectivity index (χ2n) is 8.54. The van der Waals surface area contributed by atoms with Crippen molar-refractivity contribution in [1.29, 1.82) is 0 Å². The molecule has 2 amide bonds. The van der Waals surface area contributed by atoms with Gasteiger partial charge in [0.05, 0.1) is 11.6 Å². The van der Waals surface area contributed by atoms with Crippen LogP contribution in [0.3, 0.4) is 0 Å². The van der Waals surface area contributed by atoms with Crippen molar-refractivity contribution in [3.8, 4) is 0 Å². The van der Waals surface area contributed by atoms with Gasteiger partial charge in [-0.1, -0.05) is 84.9 Å². The van der Waals surface area contributed by atoms with Crippen LogP contribution in [0.25, 0.3) is 21.7 Å². The molecule has 0 spiro atoms. The molecular weight excluding hydrogens is 408 g/mol. The molecule has 4 aromatic carbocycles. The molecule has 5 aromatic rings. The fourth-order valence-corrected chi connectivity index (χ4v) is 5.00. The molecule has 0 saturated carbocycles. The summed E-state index contributed by atoms with van der Waals surface area (Å²) in [6.45, 7) is 0.712. The lowest BCUT2D eigenvalue weighted by Crippen LogP contribution is -2.30. The van der Waals surface area contributed by atoms with Crippen LogP contribution < -0.4 is 4.90 Å². The van der Waals surface area contributed by atoms with Crippen LogP contribution in [0.5, 0.6) is 0 Å². The third-order valence-electron chi connectivity index (χ3n) is 6.54. The molecule has 1 aliphatic heterocycles. The summed E-state index contributed by atoms with van der Waals surface area (Å²) in [5, 5.41) is 2.95. The molecular formula is C29H22N2O2. The first kappa shape index (κ1) is 19.5. The minimum Gasteiger partial charge on any atom is -0.343 e. The number of rotatable bonds is 4. The highest BCUT2D eigenvalue weighted by Gasteiger charge is 2.42. The van der Waals surface area contributed by atoms with Crippen LogP contribution >= 0.6 is 0 Å². The highest BCUT2D eigenvalue weighted by molar-refractivity contribution is 6.26. The Bertz CT molecular complexity index is 1510. The number of aromatic nitrogens is 1. The normalized spacial score (nSPS) is 16.2. The molecule has 0 radical (unpaired) electrons. The maximum Gasteiger partial charge on any atom is 0.241 e. The van der Waals surface area contributed by atoms with Crippen molar-refractivity contribution in [3.63, 3.8) is 0 Å². The first-order valence-electron chi connectivity index (χ1n) is 11.2. The van der Waals surface area contributed by atoms with E-state index in [0.29, 0.717) is 12.2 Å². The Kier molecular flexibility index (Phi) is 4.58. The average Bonchev–Trinajstić information content (AvgIpc) is 3.36. The predicted octanol–water partition coefficient (Wildman–Crippen LogP) is 5.89. The molecule has 160 valence electrons. The third-order valence-corrected chi connectivity index (χ3v) is 6.54. The van der Waals surface area contributed by atoms with Gasteiger partial charge in [-0.3, -0.25) is 9.59 Å². The minimum absolute atomic E-state index is 0.152. The van der Waals surface area contributed by atoms with Gasteiger partial charge in [-0.2, -0.15) is 0 Å². The number of carbonyl (C=O) groups excluding carboxylic acids is 2. The van der Waals surface area contributed by atoms with E-state index in [1.54, 1.807) is 0 Å². The van der Waals surface area contributed by atoms with Gasteiger partial charge in [-0.05, 0) is 28.6 Å². The lowest BCUT2D eigenvalue weighted by atomic mass is 9.97. The number of fused-ring (bicyclic) bond motifs is 2. The maximum atomic E-state index is 13.7. The van der Waals surface area contributed by atoms with Crippen molar-refractivity contribution in [2.24, 2.45) is 0 Å². The number of para-hydroxylation sites is 1. The number of carbonyl (C=O) groups is 2. The summed E-state index contributed by atoms with van der Waals surface area (Å²) in [4.78, 5) is 28.2. The van der Waals surface area contributed by atoms with Crippen molar-refractivity contribution < 1.29 is 9.59 Å². The number of hydrogen-bond donors (Lipinski definition) is 0. The van der Waals surface area contributed by atoms with Gasteiger partial charge < -0.3 is 4.57 Å². The second kappa shape index (κ2) is 7.75. The molecule has 0 unspecified atom stereocenters. The van der Waals surface area contributed by atoms with Gasteiger partial charge in [0.25, 0.3) is 0 Å². The van der Waals surface area contributed by atoms with Crippen LogP contribution in [0, 0.1) is 0 Å². The smallest absolute Gasteiger partial charge is 0.241 e. The van der Waals surface area contributed by atoms with E-state index in [1.165, 1.54) is 10.5 Å². The second-order valence-corrected chi connectivity index (χ2v) is 8.54. The summed E-state index contributed by atoms with van der Waals surface area (Å²) in [5.41, 5.74) is 3.84. The van der Waals surface area contributed by atoms with Gasteiger partial charge >= 0.3 is 0 Å². The van der Waals surface area contributed by atoms with E-state index in [9.17, 15) is 9.59 Å². The van der Waals surface area contributed by atoms with Crippen LogP contribution in [0.15, 0.2) is 103 Å². The Morgan fingerprint density at radius 1 is 0.727 bits per heavy atom. The monoisotopic (exact) mass is 430 g/mol. The number of imide groups is 1.